The van der Waals surface area contributed by atoms with Gasteiger partial charge in [0.2, 0.25) is 10.0 Å². The van der Waals surface area contributed by atoms with E-state index in [1.165, 1.54) is 17.0 Å². The Labute approximate surface area is 190 Å². The third-order valence-electron chi connectivity index (χ3n) is 5.65. The number of nitrogens with zero attached hydrogens (tertiary/aromatic N) is 3. The summed E-state index contributed by atoms with van der Waals surface area (Å²) in [5, 5.41) is 2.90. The molecule has 1 atom stereocenters. The minimum Gasteiger partial charge on any atom is -0.481 e. The molecular weight excluding hydrogens is 428 g/mol. The first-order chi connectivity index (χ1) is 15.1. The minimum atomic E-state index is -3.33. The number of sulfonamides is 1. The first-order valence-electron chi connectivity index (χ1n) is 10.6. The number of amides is 1. The third-order valence-corrected chi connectivity index (χ3v) is 6.86. The Morgan fingerprint density at radius 2 is 1.66 bits per heavy atom. The smallest absolute Gasteiger partial charge is 0.261 e. The predicted octanol–water partition coefficient (Wildman–Crippen LogP) is 1.92. The summed E-state index contributed by atoms with van der Waals surface area (Å²) < 4.78 is 30.1. The molecule has 1 amide bonds. The zero-order valence-corrected chi connectivity index (χ0v) is 19.9. The van der Waals surface area contributed by atoms with Crippen molar-refractivity contribution in [2.75, 3.05) is 55.7 Å². The van der Waals surface area contributed by atoms with Crippen LogP contribution in [0.25, 0.3) is 0 Å². The first-order valence-corrected chi connectivity index (χ1v) is 12.5. The van der Waals surface area contributed by atoms with Crippen molar-refractivity contribution < 1.29 is 17.9 Å². The Bertz CT molecular complexity index is 1000. The first kappa shape index (κ1) is 23.9. The zero-order valence-electron chi connectivity index (χ0n) is 19.1. The summed E-state index contributed by atoms with van der Waals surface area (Å²) in [6.07, 6.45) is 0.460. The highest BCUT2D eigenvalue weighted by Gasteiger charge is 2.17. The molecule has 2 aromatic carbocycles. The van der Waals surface area contributed by atoms with Crippen molar-refractivity contribution >= 4 is 27.3 Å². The number of carbonyl (C=O) groups excluding carboxylic acids is 1. The molecule has 0 spiro atoms. The van der Waals surface area contributed by atoms with E-state index in [-0.39, 0.29) is 5.91 Å². The van der Waals surface area contributed by atoms with E-state index in [1.54, 1.807) is 31.2 Å². The maximum absolute atomic E-state index is 12.4. The van der Waals surface area contributed by atoms with Gasteiger partial charge < -0.3 is 19.9 Å². The number of benzene rings is 2. The van der Waals surface area contributed by atoms with Gasteiger partial charge in [0.25, 0.3) is 5.91 Å². The minimum absolute atomic E-state index is 0.217. The van der Waals surface area contributed by atoms with E-state index in [2.05, 4.69) is 34.3 Å². The number of hydrogen-bond acceptors (Lipinski definition) is 6. The van der Waals surface area contributed by atoms with Crippen molar-refractivity contribution in [1.82, 2.24) is 10.2 Å². The molecule has 1 saturated heterocycles. The van der Waals surface area contributed by atoms with Gasteiger partial charge in [-0.25, -0.2) is 8.42 Å². The van der Waals surface area contributed by atoms with E-state index in [0.717, 1.165) is 38.0 Å². The average Bonchev–Trinajstić information content (AvgIpc) is 2.77. The van der Waals surface area contributed by atoms with Gasteiger partial charge in [-0.1, -0.05) is 12.1 Å². The predicted molar refractivity (Wildman–Crippen MR) is 128 cm³/mol. The fourth-order valence-electron chi connectivity index (χ4n) is 3.41. The highest BCUT2D eigenvalue weighted by atomic mass is 32.2. The molecule has 0 aliphatic carbocycles. The van der Waals surface area contributed by atoms with Crippen molar-refractivity contribution in [3.8, 4) is 5.75 Å². The summed E-state index contributed by atoms with van der Waals surface area (Å²) in [5.74, 6) is 0.278. The van der Waals surface area contributed by atoms with Crippen LogP contribution in [0.2, 0.25) is 0 Å². The number of hydrogen-bond donors (Lipinski definition) is 1. The lowest BCUT2D eigenvalue weighted by molar-refractivity contribution is -0.127. The summed E-state index contributed by atoms with van der Waals surface area (Å²) in [5.41, 5.74) is 2.75. The summed E-state index contributed by atoms with van der Waals surface area (Å²) in [6.45, 7) is 6.27. The second kappa shape index (κ2) is 10.2. The molecule has 1 aliphatic heterocycles. The number of anilines is 2. The SMILES string of the molecule is CC(Oc1ccc(N(C)S(C)(=O)=O)cc1)C(=O)NCc1ccc(N2CCN(C)CC2)cc1. The number of piperazine rings is 1. The largest absolute Gasteiger partial charge is 0.481 e. The van der Waals surface area contributed by atoms with Crippen LogP contribution in [-0.4, -0.2) is 71.9 Å². The summed E-state index contributed by atoms with van der Waals surface area (Å²) >= 11 is 0. The average molecular weight is 461 g/mol. The number of ether oxygens (including phenoxy) is 1. The van der Waals surface area contributed by atoms with Crippen molar-refractivity contribution in [2.24, 2.45) is 0 Å². The Morgan fingerprint density at radius 3 is 2.22 bits per heavy atom. The standard InChI is InChI=1S/C23H32N4O4S/c1-18(31-22-11-9-20(10-12-22)26(3)32(4,29)30)23(28)24-17-19-5-7-21(8-6-19)27-15-13-25(2)14-16-27/h5-12,18H,13-17H2,1-4H3,(H,24,28). The van der Waals surface area contributed by atoms with E-state index in [9.17, 15) is 13.2 Å². The number of nitrogens with one attached hydrogen (secondary N) is 1. The van der Waals surface area contributed by atoms with Crippen molar-refractivity contribution in [2.45, 2.75) is 19.6 Å². The fourth-order valence-corrected chi connectivity index (χ4v) is 3.91. The van der Waals surface area contributed by atoms with Crippen molar-refractivity contribution in [1.29, 1.82) is 0 Å². The highest BCUT2D eigenvalue weighted by molar-refractivity contribution is 7.92. The lowest BCUT2D eigenvalue weighted by Crippen LogP contribution is -2.44. The normalized spacial score (nSPS) is 15.8. The lowest BCUT2D eigenvalue weighted by Gasteiger charge is -2.34. The second-order valence-electron chi connectivity index (χ2n) is 8.16. The molecule has 1 aliphatic rings. The number of rotatable bonds is 8. The number of carbonyl (C=O) groups is 1. The molecule has 9 heteroatoms. The van der Waals surface area contributed by atoms with Gasteiger partial charge in [-0.3, -0.25) is 9.10 Å². The van der Waals surface area contributed by atoms with E-state index in [0.29, 0.717) is 18.0 Å². The molecule has 3 rings (SSSR count). The van der Waals surface area contributed by atoms with Crippen molar-refractivity contribution in [3.63, 3.8) is 0 Å². The highest BCUT2D eigenvalue weighted by Crippen LogP contribution is 2.21. The zero-order chi connectivity index (χ0) is 23.3. The Hall–Kier alpha value is -2.78. The molecule has 174 valence electrons. The molecule has 8 nitrogen and oxygen atoms in total. The Morgan fingerprint density at radius 1 is 1.06 bits per heavy atom. The fraction of sp³-hybridized carbons (Fsp3) is 0.435. The molecular formula is C23H32N4O4S. The molecule has 0 saturated carbocycles. The van der Waals surface area contributed by atoms with Gasteiger partial charge in [-0.05, 0) is 55.9 Å². The van der Waals surface area contributed by atoms with Crippen LogP contribution in [-0.2, 0) is 21.4 Å². The van der Waals surface area contributed by atoms with Crippen LogP contribution in [0.3, 0.4) is 0 Å². The topological polar surface area (TPSA) is 82.2 Å². The van der Waals surface area contributed by atoms with Gasteiger partial charge >= 0.3 is 0 Å². The summed E-state index contributed by atoms with van der Waals surface area (Å²) in [7, 11) is 0.298. The van der Waals surface area contributed by atoms with Gasteiger partial charge in [0.15, 0.2) is 6.10 Å². The van der Waals surface area contributed by atoms with Crippen LogP contribution in [0.4, 0.5) is 11.4 Å². The van der Waals surface area contributed by atoms with Crippen LogP contribution in [0, 0.1) is 0 Å². The lowest BCUT2D eigenvalue weighted by atomic mass is 10.1. The van der Waals surface area contributed by atoms with Gasteiger partial charge in [0.1, 0.15) is 5.75 Å². The molecule has 0 bridgehead atoms. The van der Waals surface area contributed by atoms with E-state index in [1.807, 2.05) is 12.1 Å². The van der Waals surface area contributed by atoms with Crippen LogP contribution < -0.4 is 19.3 Å². The molecule has 32 heavy (non-hydrogen) atoms. The van der Waals surface area contributed by atoms with E-state index < -0.39 is 16.1 Å². The van der Waals surface area contributed by atoms with Gasteiger partial charge in [-0.2, -0.15) is 0 Å². The van der Waals surface area contributed by atoms with Gasteiger partial charge in [0, 0.05) is 45.5 Å². The van der Waals surface area contributed by atoms with Crippen LogP contribution in [0.15, 0.2) is 48.5 Å². The number of likely N-dealkylation sites (N-methyl/N-ethyl adjacent to an activating group) is 1. The third kappa shape index (κ3) is 6.37. The van der Waals surface area contributed by atoms with Gasteiger partial charge in [0.05, 0.1) is 11.9 Å². The Balaban J connectivity index is 1.48. The molecule has 1 N–H and O–H groups in total. The summed E-state index contributed by atoms with van der Waals surface area (Å²) in [6, 6.07) is 14.9. The maximum atomic E-state index is 12.4. The molecule has 0 radical (unpaired) electrons. The molecule has 0 aromatic heterocycles. The summed E-state index contributed by atoms with van der Waals surface area (Å²) in [4.78, 5) is 17.1. The molecule has 1 unspecified atom stereocenters. The van der Waals surface area contributed by atoms with Gasteiger partial charge in [-0.15, -0.1) is 0 Å². The molecule has 1 fully saturated rings. The van der Waals surface area contributed by atoms with Crippen LogP contribution in [0.5, 0.6) is 5.75 Å². The monoisotopic (exact) mass is 460 g/mol. The van der Waals surface area contributed by atoms with Crippen molar-refractivity contribution in [3.05, 3.63) is 54.1 Å². The van der Waals surface area contributed by atoms with Crippen LogP contribution >= 0.6 is 0 Å². The second-order valence-corrected chi connectivity index (χ2v) is 10.2. The molecule has 1 heterocycles. The Kier molecular flexibility index (Phi) is 7.63. The van der Waals surface area contributed by atoms with E-state index in [4.69, 9.17) is 4.74 Å². The molecule has 2 aromatic rings. The van der Waals surface area contributed by atoms with Crippen LogP contribution in [0.1, 0.15) is 12.5 Å². The quantitative estimate of drug-likeness (QED) is 0.648. The van der Waals surface area contributed by atoms with E-state index >= 15 is 0 Å². The maximum Gasteiger partial charge on any atom is 0.261 e.